The van der Waals surface area contributed by atoms with Crippen molar-refractivity contribution in [1.29, 1.82) is 0 Å². The molecule has 0 aliphatic carbocycles. The van der Waals surface area contributed by atoms with Crippen LogP contribution < -0.4 is 5.73 Å². The van der Waals surface area contributed by atoms with E-state index in [-0.39, 0.29) is 6.61 Å². The van der Waals surface area contributed by atoms with Crippen LogP contribution in [0.3, 0.4) is 0 Å². The normalized spacial score (nSPS) is 15.9. The Kier molecular flexibility index (Phi) is 3.30. The zero-order chi connectivity index (χ0) is 12.6. The molecule has 0 saturated carbocycles. The highest BCUT2D eigenvalue weighted by molar-refractivity contribution is 5.36. The van der Waals surface area contributed by atoms with Crippen molar-refractivity contribution in [1.82, 2.24) is 0 Å². The van der Waals surface area contributed by atoms with E-state index in [1.807, 2.05) is 0 Å². The smallest absolute Gasteiger partial charge is 0.394 e. The Morgan fingerprint density at radius 2 is 1.88 bits per heavy atom. The quantitative estimate of drug-likeness (QED) is 0.822. The van der Waals surface area contributed by atoms with Crippen LogP contribution in [0.1, 0.15) is 23.6 Å². The Hall–Kier alpha value is -1.07. The van der Waals surface area contributed by atoms with Crippen LogP contribution in [0.25, 0.3) is 0 Å². The fourth-order valence-corrected chi connectivity index (χ4v) is 1.57. The predicted molar refractivity (Wildman–Crippen MR) is 54.8 cm³/mol. The van der Waals surface area contributed by atoms with Gasteiger partial charge in [0.1, 0.15) is 0 Å². The number of hydrogen-bond donors (Lipinski definition) is 2. The van der Waals surface area contributed by atoms with Gasteiger partial charge in [-0.2, -0.15) is 13.2 Å². The van der Waals surface area contributed by atoms with Crippen LogP contribution in [0.5, 0.6) is 0 Å². The Morgan fingerprint density at radius 3 is 2.25 bits per heavy atom. The minimum Gasteiger partial charge on any atom is -0.394 e. The molecule has 0 radical (unpaired) electrons. The summed E-state index contributed by atoms with van der Waals surface area (Å²) in [5, 5.41) is 9.05. The number of halogens is 3. The van der Waals surface area contributed by atoms with Gasteiger partial charge in [0.2, 0.25) is 0 Å². The van der Waals surface area contributed by atoms with Gasteiger partial charge in [0.25, 0.3) is 0 Å². The van der Waals surface area contributed by atoms with Crippen molar-refractivity contribution in [2.45, 2.75) is 25.6 Å². The first-order valence-corrected chi connectivity index (χ1v) is 4.76. The summed E-state index contributed by atoms with van der Waals surface area (Å²) in [7, 11) is 0. The first-order chi connectivity index (χ1) is 7.18. The largest absolute Gasteiger partial charge is 0.416 e. The SMILES string of the molecule is Cc1cc(C(F)(F)F)ccc1C(C)(N)CO. The fraction of sp³-hybridized carbons (Fsp3) is 0.455. The Morgan fingerprint density at radius 1 is 1.31 bits per heavy atom. The van der Waals surface area contributed by atoms with E-state index in [0.717, 1.165) is 12.1 Å². The fourth-order valence-electron chi connectivity index (χ4n) is 1.57. The molecule has 0 aromatic heterocycles. The minimum absolute atomic E-state index is 0.320. The zero-order valence-electron chi connectivity index (χ0n) is 9.10. The second kappa shape index (κ2) is 4.07. The Balaban J connectivity index is 3.20. The van der Waals surface area contributed by atoms with Gasteiger partial charge in [0.05, 0.1) is 17.7 Å². The van der Waals surface area contributed by atoms with Crippen LogP contribution in [0.4, 0.5) is 13.2 Å². The molecule has 1 aromatic rings. The first kappa shape index (κ1) is 13.0. The average molecular weight is 233 g/mol. The number of aryl methyl sites for hydroxylation is 1. The maximum atomic E-state index is 12.4. The topological polar surface area (TPSA) is 46.2 Å². The lowest BCUT2D eigenvalue weighted by Crippen LogP contribution is -2.37. The van der Waals surface area contributed by atoms with E-state index in [4.69, 9.17) is 10.8 Å². The molecule has 0 heterocycles. The van der Waals surface area contributed by atoms with Gasteiger partial charge in [-0.1, -0.05) is 6.07 Å². The molecule has 16 heavy (non-hydrogen) atoms. The van der Waals surface area contributed by atoms with Gasteiger partial charge in [-0.25, -0.2) is 0 Å². The molecule has 90 valence electrons. The number of aliphatic hydroxyl groups excluding tert-OH is 1. The molecule has 1 rings (SSSR count). The van der Waals surface area contributed by atoms with Gasteiger partial charge in [0, 0.05) is 0 Å². The third-order valence-electron chi connectivity index (χ3n) is 2.50. The Bertz CT molecular complexity index is 385. The lowest BCUT2D eigenvalue weighted by Gasteiger charge is -2.25. The molecule has 0 saturated heterocycles. The van der Waals surface area contributed by atoms with Crippen molar-refractivity contribution in [3.63, 3.8) is 0 Å². The van der Waals surface area contributed by atoms with Gasteiger partial charge in [0.15, 0.2) is 0 Å². The van der Waals surface area contributed by atoms with Gasteiger partial charge >= 0.3 is 6.18 Å². The maximum Gasteiger partial charge on any atom is 0.416 e. The average Bonchev–Trinajstić information content (AvgIpc) is 2.16. The van der Waals surface area contributed by atoms with Crippen LogP contribution in [0.2, 0.25) is 0 Å². The van der Waals surface area contributed by atoms with E-state index < -0.39 is 17.3 Å². The lowest BCUT2D eigenvalue weighted by molar-refractivity contribution is -0.137. The van der Waals surface area contributed by atoms with Gasteiger partial charge in [-0.15, -0.1) is 0 Å². The number of alkyl halides is 3. The molecule has 1 unspecified atom stereocenters. The molecule has 0 aliphatic heterocycles. The van der Waals surface area contributed by atoms with Gasteiger partial charge in [-0.05, 0) is 37.1 Å². The summed E-state index contributed by atoms with van der Waals surface area (Å²) in [6, 6.07) is 3.33. The van der Waals surface area contributed by atoms with Gasteiger partial charge in [-0.3, -0.25) is 0 Å². The van der Waals surface area contributed by atoms with Crippen LogP contribution in [0, 0.1) is 6.92 Å². The molecule has 0 amide bonds. The molecule has 0 fully saturated rings. The highest BCUT2D eigenvalue weighted by Gasteiger charge is 2.32. The summed E-state index contributed by atoms with van der Waals surface area (Å²) in [6.45, 7) is 2.80. The summed E-state index contributed by atoms with van der Waals surface area (Å²) in [5.41, 5.74) is 4.98. The standard InChI is InChI=1S/C11H14F3NO/c1-7-5-8(11(12,13)14)3-4-9(7)10(2,15)6-16/h3-5,16H,6,15H2,1-2H3. The van der Waals surface area contributed by atoms with Crippen molar-refractivity contribution in [3.8, 4) is 0 Å². The summed E-state index contributed by atoms with van der Waals surface area (Å²) >= 11 is 0. The number of rotatable bonds is 2. The van der Waals surface area contributed by atoms with Crippen molar-refractivity contribution >= 4 is 0 Å². The highest BCUT2D eigenvalue weighted by Crippen LogP contribution is 2.32. The molecule has 0 spiro atoms. The molecule has 5 heteroatoms. The molecule has 1 atom stereocenters. The maximum absolute atomic E-state index is 12.4. The van der Waals surface area contributed by atoms with Crippen LogP contribution in [-0.4, -0.2) is 11.7 Å². The molecule has 1 aromatic carbocycles. The summed E-state index contributed by atoms with van der Waals surface area (Å²) in [5.74, 6) is 0. The highest BCUT2D eigenvalue weighted by atomic mass is 19.4. The predicted octanol–water partition coefficient (Wildman–Crippen LogP) is 2.18. The van der Waals surface area contributed by atoms with Crippen LogP contribution >= 0.6 is 0 Å². The molecular weight excluding hydrogens is 219 g/mol. The third-order valence-corrected chi connectivity index (χ3v) is 2.50. The van der Waals surface area contributed by atoms with E-state index in [1.54, 1.807) is 13.8 Å². The summed E-state index contributed by atoms with van der Waals surface area (Å²) in [4.78, 5) is 0. The van der Waals surface area contributed by atoms with E-state index >= 15 is 0 Å². The molecule has 0 bridgehead atoms. The second-order valence-electron chi connectivity index (χ2n) is 4.10. The van der Waals surface area contributed by atoms with Crippen LogP contribution in [0.15, 0.2) is 18.2 Å². The number of nitrogens with two attached hydrogens (primary N) is 1. The Labute approximate surface area is 91.9 Å². The first-order valence-electron chi connectivity index (χ1n) is 4.76. The lowest BCUT2D eigenvalue weighted by atomic mass is 9.89. The van der Waals surface area contributed by atoms with E-state index in [1.165, 1.54) is 6.07 Å². The monoisotopic (exact) mass is 233 g/mol. The number of aliphatic hydroxyl groups is 1. The van der Waals surface area contributed by atoms with E-state index in [2.05, 4.69) is 0 Å². The zero-order valence-corrected chi connectivity index (χ0v) is 9.10. The number of hydrogen-bond acceptors (Lipinski definition) is 2. The molecule has 0 aliphatic rings. The minimum atomic E-state index is -4.35. The second-order valence-corrected chi connectivity index (χ2v) is 4.10. The van der Waals surface area contributed by atoms with E-state index in [0.29, 0.717) is 11.1 Å². The van der Waals surface area contributed by atoms with Crippen molar-refractivity contribution < 1.29 is 18.3 Å². The van der Waals surface area contributed by atoms with Crippen molar-refractivity contribution in [2.24, 2.45) is 5.73 Å². The molecular formula is C11H14F3NO. The van der Waals surface area contributed by atoms with Crippen molar-refractivity contribution in [3.05, 3.63) is 34.9 Å². The van der Waals surface area contributed by atoms with E-state index in [9.17, 15) is 13.2 Å². The van der Waals surface area contributed by atoms with Crippen molar-refractivity contribution in [2.75, 3.05) is 6.61 Å². The third kappa shape index (κ3) is 2.54. The van der Waals surface area contributed by atoms with Gasteiger partial charge < -0.3 is 10.8 Å². The van der Waals surface area contributed by atoms with Crippen LogP contribution in [-0.2, 0) is 11.7 Å². The number of benzene rings is 1. The summed E-state index contributed by atoms with van der Waals surface area (Å²) < 4.78 is 37.2. The summed E-state index contributed by atoms with van der Waals surface area (Å²) in [6.07, 6.45) is -4.35. The molecule has 2 nitrogen and oxygen atoms in total. The molecule has 3 N–H and O–H groups in total.